The van der Waals surface area contributed by atoms with E-state index >= 15 is 0 Å². The average Bonchev–Trinajstić information content (AvgIpc) is 2.18. The third-order valence-corrected chi connectivity index (χ3v) is 2.73. The molecule has 2 nitrogen and oxygen atoms in total. The molecule has 0 fully saturated rings. The molecule has 0 saturated carbocycles. The molecule has 0 aromatic heterocycles. The topological polar surface area (TPSA) is 35.2 Å². The van der Waals surface area contributed by atoms with Gasteiger partial charge >= 0.3 is 0 Å². The van der Waals surface area contributed by atoms with Crippen molar-refractivity contribution in [3.05, 3.63) is 29.3 Å². The van der Waals surface area contributed by atoms with Crippen LogP contribution in [0.3, 0.4) is 0 Å². The Balaban J connectivity index is 0.000000980. The summed E-state index contributed by atoms with van der Waals surface area (Å²) < 4.78 is 5.31. The smallest absolute Gasteiger partial charge is 0.122 e. The van der Waals surface area contributed by atoms with Crippen LogP contribution in [0.4, 0.5) is 0 Å². The largest absolute Gasteiger partial charge is 0.496 e. The highest BCUT2D eigenvalue weighted by atomic mass is 35.5. The van der Waals surface area contributed by atoms with E-state index in [1.165, 1.54) is 17.5 Å². The summed E-state index contributed by atoms with van der Waals surface area (Å²) in [5.41, 5.74) is 8.59. The molecule has 14 heavy (non-hydrogen) atoms. The van der Waals surface area contributed by atoms with Gasteiger partial charge in [0, 0.05) is 6.04 Å². The maximum Gasteiger partial charge on any atom is 0.122 e. The molecule has 2 rings (SSSR count). The van der Waals surface area contributed by atoms with Gasteiger partial charge in [-0.15, -0.1) is 12.4 Å². The van der Waals surface area contributed by atoms with E-state index in [0.717, 1.165) is 18.6 Å². The van der Waals surface area contributed by atoms with Gasteiger partial charge in [-0.2, -0.15) is 0 Å². The number of hydrogen-bond donors (Lipinski definition) is 1. The molecular formula is C11H16ClNO. The van der Waals surface area contributed by atoms with Gasteiger partial charge in [-0.3, -0.25) is 0 Å². The van der Waals surface area contributed by atoms with Crippen molar-refractivity contribution in [1.82, 2.24) is 0 Å². The Morgan fingerprint density at radius 3 is 2.93 bits per heavy atom. The Labute approximate surface area is 90.9 Å². The molecule has 0 amide bonds. The van der Waals surface area contributed by atoms with Crippen LogP contribution in [-0.4, -0.2) is 7.11 Å². The maximum absolute atomic E-state index is 6.01. The minimum atomic E-state index is 0. The second kappa shape index (κ2) is 4.67. The van der Waals surface area contributed by atoms with Crippen molar-refractivity contribution in [2.75, 3.05) is 7.11 Å². The molecule has 0 heterocycles. The second-order valence-electron chi connectivity index (χ2n) is 3.53. The third kappa shape index (κ3) is 1.86. The van der Waals surface area contributed by atoms with Crippen molar-refractivity contribution in [2.45, 2.75) is 25.3 Å². The summed E-state index contributed by atoms with van der Waals surface area (Å²) in [6.45, 7) is 0. The number of fused-ring (bicyclic) bond motifs is 1. The van der Waals surface area contributed by atoms with E-state index < -0.39 is 0 Å². The predicted molar refractivity (Wildman–Crippen MR) is 60.1 cm³/mol. The average molecular weight is 214 g/mol. The van der Waals surface area contributed by atoms with E-state index in [0.29, 0.717) is 0 Å². The fourth-order valence-corrected chi connectivity index (χ4v) is 2.04. The second-order valence-corrected chi connectivity index (χ2v) is 3.53. The van der Waals surface area contributed by atoms with Crippen LogP contribution in [0.15, 0.2) is 18.2 Å². The predicted octanol–water partition coefficient (Wildman–Crippen LogP) is 2.45. The Hall–Kier alpha value is -0.730. The van der Waals surface area contributed by atoms with Crippen LogP contribution in [0.5, 0.6) is 5.75 Å². The lowest BCUT2D eigenvalue weighted by Gasteiger charge is -2.23. The summed E-state index contributed by atoms with van der Waals surface area (Å²) >= 11 is 0. The summed E-state index contributed by atoms with van der Waals surface area (Å²) in [6, 6.07) is 6.35. The number of methoxy groups -OCH3 is 1. The molecule has 0 aliphatic heterocycles. The summed E-state index contributed by atoms with van der Waals surface area (Å²) in [6.07, 6.45) is 3.38. The zero-order chi connectivity index (χ0) is 9.26. The van der Waals surface area contributed by atoms with E-state index in [1.54, 1.807) is 7.11 Å². The molecule has 2 N–H and O–H groups in total. The van der Waals surface area contributed by atoms with Crippen molar-refractivity contribution < 1.29 is 4.74 Å². The normalized spacial score (nSPS) is 19.4. The van der Waals surface area contributed by atoms with Crippen molar-refractivity contribution in [2.24, 2.45) is 5.73 Å². The molecule has 1 aliphatic carbocycles. The van der Waals surface area contributed by atoms with Crippen LogP contribution >= 0.6 is 12.4 Å². The Morgan fingerprint density at radius 2 is 2.21 bits per heavy atom. The van der Waals surface area contributed by atoms with Crippen LogP contribution in [0, 0.1) is 0 Å². The quantitative estimate of drug-likeness (QED) is 0.778. The molecule has 1 aliphatic rings. The lowest BCUT2D eigenvalue weighted by Crippen LogP contribution is -2.17. The molecule has 1 aromatic carbocycles. The van der Waals surface area contributed by atoms with Crippen molar-refractivity contribution >= 4 is 12.4 Å². The maximum atomic E-state index is 6.01. The Kier molecular flexibility index (Phi) is 3.78. The lowest BCUT2D eigenvalue weighted by atomic mass is 9.88. The van der Waals surface area contributed by atoms with Gasteiger partial charge in [0.15, 0.2) is 0 Å². The summed E-state index contributed by atoms with van der Waals surface area (Å²) in [7, 11) is 1.72. The SMILES string of the molecule is COc1cccc2c1CCC[C@@H]2N.Cl. The fourth-order valence-electron chi connectivity index (χ4n) is 2.04. The first-order valence-electron chi connectivity index (χ1n) is 4.74. The monoisotopic (exact) mass is 213 g/mol. The molecule has 0 bridgehead atoms. The first kappa shape index (κ1) is 11.3. The molecule has 1 atom stereocenters. The molecule has 78 valence electrons. The number of rotatable bonds is 1. The van der Waals surface area contributed by atoms with Gasteiger partial charge in [0.25, 0.3) is 0 Å². The molecule has 0 spiro atoms. The van der Waals surface area contributed by atoms with E-state index in [2.05, 4.69) is 6.07 Å². The molecule has 0 radical (unpaired) electrons. The van der Waals surface area contributed by atoms with E-state index in [1.807, 2.05) is 12.1 Å². The number of benzene rings is 1. The summed E-state index contributed by atoms with van der Waals surface area (Å²) in [4.78, 5) is 0. The fraction of sp³-hybridized carbons (Fsp3) is 0.455. The van der Waals surface area contributed by atoms with Crippen molar-refractivity contribution in [3.63, 3.8) is 0 Å². The van der Waals surface area contributed by atoms with Gasteiger partial charge < -0.3 is 10.5 Å². The first-order valence-corrected chi connectivity index (χ1v) is 4.74. The van der Waals surface area contributed by atoms with E-state index in [4.69, 9.17) is 10.5 Å². The molecule has 0 unspecified atom stereocenters. The van der Waals surface area contributed by atoms with E-state index in [-0.39, 0.29) is 18.4 Å². The standard InChI is InChI=1S/C11H15NO.ClH/c1-13-11-7-3-4-8-9(11)5-2-6-10(8)12;/h3-4,7,10H,2,5-6,12H2,1H3;1H/t10-;/m0./s1. The minimum Gasteiger partial charge on any atom is -0.496 e. The van der Waals surface area contributed by atoms with Gasteiger partial charge in [0.2, 0.25) is 0 Å². The molecule has 1 aromatic rings. The van der Waals surface area contributed by atoms with Crippen LogP contribution in [0.2, 0.25) is 0 Å². The van der Waals surface area contributed by atoms with Gasteiger partial charge in [-0.1, -0.05) is 12.1 Å². The molecular weight excluding hydrogens is 198 g/mol. The van der Waals surface area contributed by atoms with E-state index in [9.17, 15) is 0 Å². The molecule has 3 heteroatoms. The van der Waals surface area contributed by atoms with Gasteiger partial charge in [0.05, 0.1) is 7.11 Å². The summed E-state index contributed by atoms with van der Waals surface area (Å²) in [5.74, 6) is 0.993. The highest BCUT2D eigenvalue weighted by Crippen LogP contribution is 2.33. The van der Waals surface area contributed by atoms with Crippen LogP contribution in [0.1, 0.15) is 30.0 Å². The summed E-state index contributed by atoms with van der Waals surface area (Å²) in [5, 5.41) is 0. The van der Waals surface area contributed by atoms with Crippen molar-refractivity contribution in [3.8, 4) is 5.75 Å². The zero-order valence-corrected chi connectivity index (χ0v) is 9.14. The first-order chi connectivity index (χ1) is 6.33. The molecule has 0 saturated heterocycles. The number of hydrogen-bond acceptors (Lipinski definition) is 2. The Morgan fingerprint density at radius 1 is 1.43 bits per heavy atom. The van der Waals surface area contributed by atoms with Gasteiger partial charge in [0.1, 0.15) is 5.75 Å². The van der Waals surface area contributed by atoms with Crippen LogP contribution in [0.25, 0.3) is 0 Å². The number of nitrogens with two attached hydrogens (primary N) is 1. The third-order valence-electron chi connectivity index (χ3n) is 2.73. The zero-order valence-electron chi connectivity index (χ0n) is 8.32. The number of ether oxygens (including phenoxy) is 1. The van der Waals surface area contributed by atoms with Gasteiger partial charge in [-0.05, 0) is 36.5 Å². The minimum absolute atomic E-state index is 0. The highest BCUT2D eigenvalue weighted by Gasteiger charge is 2.19. The van der Waals surface area contributed by atoms with Gasteiger partial charge in [-0.25, -0.2) is 0 Å². The highest BCUT2D eigenvalue weighted by molar-refractivity contribution is 5.85. The number of halogens is 1. The lowest BCUT2D eigenvalue weighted by molar-refractivity contribution is 0.403. The van der Waals surface area contributed by atoms with Crippen LogP contribution in [-0.2, 0) is 6.42 Å². The van der Waals surface area contributed by atoms with Crippen molar-refractivity contribution in [1.29, 1.82) is 0 Å². The van der Waals surface area contributed by atoms with Crippen LogP contribution < -0.4 is 10.5 Å². The Bertz CT molecular complexity index is 314.